The van der Waals surface area contributed by atoms with Gasteiger partial charge in [-0.1, -0.05) is 119 Å². The van der Waals surface area contributed by atoms with E-state index in [0.717, 1.165) is 25.7 Å². The Kier molecular flexibility index (Phi) is 38.0. The van der Waals surface area contributed by atoms with E-state index >= 15 is 0 Å². The maximum Gasteiger partial charge on any atom is 2.00 e. The minimum absolute atomic E-state index is 0. The van der Waals surface area contributed by atoms with E-state index in [-0.39, 0.29) is 77.2 Å². The van der Waals surface area contributed by atoms with E-state index in [2.05, 4.69) is 102 Å². The number of allylic oxidation sites excluding steroid dienone is 16. The maximum atomic E-state index is 3.33. The van der Waals surface area contributed by atoms with Crippen molar-refractivity contribution in [3.8, 4) is 0 Å². The van der Waals surface area contributed by atoms with Crippen LogP contribution in [0.15, 0.2) is 69.9 Å². The summed E-state index contributed by atoms with van der Waals surface area (Å²) < 4.78 is 0. The third-order valence-electron chi connectivity index (χ3n) is 6.23. The molecule has 0 fully saturated rings. The van der Waals surface area contributed by atoms with Gasteiger partial charge in [0.05, 0.1) is 0 Å². The monoisotopic (exact) mass is 736 g/mol. The van der Waals surface area contributed by atoms with E-state index in [1.54, 1.807) is 0 Å². The Bertz CT molecular complexity index is 795. The average Bonchev–Trinajstić information content (AvgIpc) is 3.69. The summed E-state index contributed by atoms with van der Waals surface area (Å²) in [5.74, 6) is 0. The summed E-state index contributed by atoms with van der Waals surface area (Å²) in [7, 11) is 0. The molecule has 0 atom stereocenters. The van der Waals surface area contributed by atoms with Crippen LogP contribution in [-0.2, 0) is 52.4 Å². The van der Waals surface area contributed by atoms with Gasteiger partial charge in [-0.2, -0.15) is 23.3 Å². The summed E-state index contributed by atoms with van der Waals surface area (Å²) in [5, 5.41) is 0. The molecule has 0 unspecified atom stereocenters. The van der Waals surface area contributed by atoms with Gasteiger partial charge in [0.25, 0.3) is 0 Å². The molecule has 0 aromatic heterocycles. The zero-order valence-electron chi connectivity index (χ0n) is 26.2. The van der Waals surface area contributed by atoms with Crippen LogP contribution in [-0.4, -0.2) is 0 Å². The molecule has 0 aliphatic heterocycles. The molecule has 0 spiro atoms. The van der Waals surface area contributed by atoms with Crippen LogP contribution in [0.2, 0.25) is 0 Å². The van der Waals surface area contributed by atoms with E-state index in [1.165, 1.54) is 97.6 Å². The topological polar surface area (TPSA) is 0 Å². The average molecular weight is 740 g/mol. The molecule has 0 amide bonds. The molecule has 0 nitrogen and oxygen atoms in total. The summed E-state index contributed by atoms with van der Waals surface area (Å²) in [4.78, 5) is 0. The molecule has 0 bridgehead atoms. The first kappa shape index (κ1) is 47.2. The van der Waals surface area contributed by atoms with Crippen molar-refractivity contribution >= 4 is 24.8 Å². The van der Waals surface area contributed by atoms with Crippen LogP contribution < -0.4 is 0 Å². The quantitative estimate of drug-likeness (QED) is 0.196. The molecule has 0 saturated heterocycles. The van der Waals surface area contributed by atoms with Crippen LogP contribution in [0.1, 0.15) is 131 Å². The number of rotatable bonds is 10. The Balaban J connectivity index is -0.000000209. The molecule has 0 aromatic carbocycles. The van der Waals surface area contributed by atoms with Crippen LogP contribution in [0.3, 0.4) is 0 Å². The van der Waals surface area contributed by atoms with Crippen LogP contribution in [0, 0.1) is 24.3 Å². The van der Waals surface area contributed by atoms with E-state index < -0.39 is 0 Å². The standard InChI is InChI=1S/4C9H13.2ClH.2Zr/c2*1-3-4-9-6-5-8(2)7-9;2*1-2-3-6-9-7-4-5-8-9;;;;/h2*6H,3-5H2,1-2H3;2*4,7H,2-3,5-6H2,1H3;2*1H;;/q4*-1;;;2*+2. The van der Waals surface area contributed by atoms with Gasteiger partial charge in [0, 0.05) is 0 Å². The first-order valence-corrected chi connectivity index (χ1v) is 14.6. The van der Waals surface area contributed by atoms with Crippen molar-refractivity contribution in [1.82, 2.24) is 0 Å². The Hall–Kier alpha value is 0.266. The summed E-state index contributed by atoms with van der Waals surface area (Å²) >= 11 is 0. The molecule has 0 radical (unpaired) electrons. The van der Waals surface area contributed by atoms with Gasteiger partial charge >= 0.3 is 52.4 Å². The smallest absolute Gasteiger partial charge is 0.269 e. The molecule has 4 aliphatic carbocycles. The largest absolute Gasteiger partial charge is 2.00 e. The summed E-state index contributed by atoms with van der Waals surface area (Å²) in [6.45, 7) is 13.1. The SMILES string of the molecule is CCCC1=CCC(C)=[C-]1.CCCC1=CCC(C)=[C-]1.CCCCC1=[C-]CC=C1.CCCCC1=[C-]CC=C1.Cl.Cl.[Zr+2].[Zr+2]. The normalized spacial score (nSPS) is 15.2. The molecule has 4 aliphatic rings. The Labute approximate surface area is 300 Å². The molecule has 4 rings (SSSR count). The second-order valence-electron chi connectivity index (χ2n) is 10.0. The molecule has 40 heavy (non-hydrogen) atoms. The molecular weight excluding hydrogens is 686 g/mol. The van der Waals surface area contributed by atoms with Crippen molar-refractivity contribution < 1.29 is 52.4 Å². The van der Waals surface area contributed by atoms with Crippen LogP contribution in [0.4, 0.5) is 0 Å². The van der Waals surface area contributed by atoms with Gasteiger partial charge < -0.3 is 0 Å². The Morgan fingerprint density at radius 1 is 0.575 bits per heavy atom. The van der Waals surface area contributed by atoms with Gasteiger partial charge in [-0.05, 0) is 0 Å². The fourth-order valence-corrected chi connectivity index (χ4v) is 4.15. The number of hydrogen-bond acceptors (Lipinski definition) is 0. The number of unbranched alkanes of at least 4 members (excludes halogenated alkanes) is 2. The number of hydrogen-bond donors (Lipinski definition) is 0. The van der Waals surface area contributed by atoms with E-state index in [4.69, 9.17) is 0 Å². The predicted molar refractivity (Wildman–Crippen MR) is 175 cm³/mol. The summed E-state index contributed by atoms with van der Waals surface area (Å²) in [6, 6.07) is 0. The summed E-state index contributed by atoms with van der Waals surface area (Å²) in [5.41, 5.74) is 8.43. The fraction of sp³-hybridized carbons (Fsp3) is 0.556. The summed E-state index contributed by atoms with van der Waals surface area (Å²) in [6.07, 6.45) is 43.4. The zero-order chi connectivity index (χ0) is 26.4. The number of halogens is 2. The van der Waals surface area contributed by atoms with Crippen LogP contribution in [0.5, 0.6) is 0 Å². The Morgan fingerprint density at radius 3 is 1.18 bits per heavy atom. The van der Waals surface area contributed by atoms with Gasteiger partial charge in [0.1, 0.15) is 0 Å². The molecule has 0 N–H and O–H groups in total. The third-order valence-corrected chi connectivity index (χ3v) is 6.23. The van der Waals surface area contributed by atoms with Gasteiger partial charge in [-0.15, -0.1) is 37.7 Å². The second-order valence-corrected chi connectivity index (χ2v) is 10.0. The second kappa shape index (κ2) is 32.2. The first-order chi connectivity index (χ1) is 17.5. The van der Waals surface area contributed by atoms with Crippen molar-refractivity contribution in [3.63, 3.8) is 0 Å². The van der Waals surface area contributed by atoms with Gasteiger partial charge in [-0.3, -0.25) is 12.2 Å². The fourth-order valence-electron chi connectivity index (χ4n) is 4.15. The molecule has 0 saturated carbocycles. The molecule has 220 valence electrons. The van der Waals surface area contributed by atoms with Gasteiger partial charge in [-0.25, -0.2) is 58.7 Å². The van der Waals surface area contributed by atoms with Crippen LogP contribution in [0.25, 0.3) is 0 Å². The third kappa shape index (κ3) is 24.8. The molecular formula is C36H54Cl2Zr2. The van der Waals surface area contributed by atoms with Crippen molar-refractivity contribution in [2.24, 2.45) is 0 Å². The van der Waals surface area contributed by atoms with E-state index in [9.17, 15) is 0 Å². The Morgan fingerprint density at radius 2 is 0.950 bits per heavy atom. The predicted octanol–water partition coefficient (Wildman–Crippen LogP) is 12.3. The minimum atomic E-state index is 0. The molecule has 4 heteroatoms. The van der Waals surface area contributed by atoms with Crippen molar-refractivity contribution in [3.05, 3.63) is 94.2 Å². The van der Waals surface area contributed by atoms with E-state index in [0.29, 0.717) is 0 Å². The van der Waals surface area contributed by atoms with Gasteiger partial charge in [0.2, 0.25) is 0 Å². The van der Waals surface area contributed by atoms with Crippen molar-refractivity contribution in [1.29, 1.82) is 0 Å². The minimum Gasteiger partial charge on any atom is -0.269 e. The van der Waals surface area contributed by atoms with Crippen molar-refractivity contribution in [2.45, 2.75) is 131 Å². The van der Waals surface area contributed by atoms with Crippen LogP contribution >= 0.6 is 24.8 Å². The zero-order valence-corrected chi connectivity index (χ0v) is 32.7. The first-order valence-electron chi connectivity index (χ1n) is 14.6. The maximum absolute atomic E-state index is 3.33. The van der Waals surface area contributed by atoms with Crippen molar-refractivity contribution in [2.75, 3.05) is 0 Å². The molecule has 0 aromatic rings. The van der Waals surface area contributed by atoms with E-state index in [1.807, 2.05) is 0 Å². The molecule has 0 heterocycles. The van der Waals surface area contributed by atoms with Gasteiger partial charge in [0.15, 0.2) is 0 Å².